The first kappa shape index (κ1) is 15.0. The Morgan fingerprint density at radius 2 is 2.23 bits per heavy atom. The first-order valence-corrected chi connectivity index (χ1v) is 8.28. The van der Waals surface area contributed by atoms with Gasteiger partial charge in [-0.3, -0.25) is 0 Å². The van der Waals surface area contributed by atoms with Crippen LogP contribution in [0.25, 0.3) is 10.6 Å². The van der Waals surface area contributed by atoms with Gasteiger partial charge in [0, 0.05) is 35.5 Å². The molecule has 0 radical (unpaired) electrons. The average Bonchev–Trinajstić information content (AvgIpc) is 3.17. The second kappa shape index (κ2) is 6.89. The SMILES string of the molecule is Cc1csc(-c2ccc(NC(=O)NC[C@@H]3CCCO3)cc2)n1. The lowest BCUT2D eigenvalue weighted by molar-refractivity contribution is 0.112. The molecule has 1 aliphatic heterocycles. The summed E-state index contributed by atoms with van der Waals surface area (Å²) in [6, 6.07) is 7.51. The summed E-state index contributed by atoms with van der Waals surface area (Å²) in [5.74, 6) is 0. The number of aryl methyl sites for hydroxylation is 1. The van der Waals surface area contributed by atoms with Crippen LogP contribution < -0.4 is 10.6 Å². The fourth-order valence-electron chi connectivity index (χ4n) is 2.37. The van der Waals surface area contributed by atoms with Crippen LogP contribution in [-0.2, 0) is 4.74 Å². The number of hydrogen-bond donors (Lipinski definition) is 2. The number of nitrogens with zero attached hydrogens (tertiary/aromatic N) is 1. The van der Waals surface area contributed by atoms with Gasteiger partial charge in [0.15, 0.2) is 0 Å². The third kappa shape index (κ3) is 3.84. The Bertz CT molecular complexity index is 633. The van der Waals surface area contributed by atoms with Crippen molar-refractivity contribution in [3.63, 3.8) is 0 Å². The van der Waals surface area contributed by atoms with Gasteiger partial charge < -0.3 is 15.4 Å². The van der Waals surface area contributed by atoms with Gasteiger partial charge in [-0.15, -0.1) is 11.3 Å². The van der Waals surface area contributed by atoms with E-state index in [0.717, 1.165) is 41.4 Å². The molecule has 1 aromatic heterocycles. The van der Waals surface area contributed by atoms with E-state index in [0.29, 0.717) is 6.54 Å². The Balaban J connectivity index is 1.53. The highest BCUT2D eigenvalue weighted by Crippen LogP contribution is 2.24. The maximum absolute atomic E-state index is 11.8. The Kier molecular flexibility index (Phi) is 4.70. The van der Waals surface area contributed by atoms with Crippen LogP contribution in [0.15, 0.2) is 29.6 Å². The van der Waals surface area contributed by atoms with E-state index < -0.39 is 0 Å². The topological polar surface area (TPSA) is 63.2 Å². The van der Waals surface area contributed by atoms with Crippen LogP contribution in [0.1, 0.15) is 18.5 Å². The summed E-state index contributed by atoms with van der Waals surface area (Å²) in [5, 5.41) is 8.68. The fraction of sp³-hybridized carbons (Fsp3) is 0.375. The lowest BCUT2D eigenvalue weighted by Crippen LogP contribution is -2.34. The van der Waals surface area contributed by atoms with Crippen molar-refractivity contribution in [3.05, 3.63) is 35.3 Å². The molecule has 0 bridgehead atoms. The molecule has 22 heavy (non-hydrogen) atoms. The zero-order valence-corrected chi connectivity index (χ0v) is 13.3. The van der Waals surface area contributed by atoms with Gasteiger partial charge >= 0.3 is 6.03 Å². The summed E-state index contributed by atoms with van der Waals surface area (Å²) < 4.78 is 5.47. The first-order valence-electron chi connectivity index (χ1n) is 7.40. The van der Waals surface area contributed by atoms with Gasteiger partial charge in [0.05, 0.1) is 6.10 Å². The summed E-state index contributed by atoms with van der Waals surface area (Å²) in [6.45, 7) is 3.34. The number of carbonyl (C=O) groups is 1. The number of aromatic nitrogens is 1. The molecular formula is C16H19N3O2S. The monoisotopic (exact) mass is 317 g/mol. The Hall–Kier alpha value is -1.92. The lowest BCUT2D eigenvalue weighted by atomic mass is 10.2. The highest BCUT2D eigenvalue weighted by molar-refractivity contribution is 7.13. The van der Waals surface area contributed by atoms with Crippen LogP contribution in [-0.4, -0.2) is 30.3 Å². The number of anilines is 1. The number of nitrogens with one attached hydrogen (secondary N) is 2. The molecule has 1 aliphatic rings. The minimum atomic E-state index is -0.201. The van der Waals surface area contributed by atoms with E-state index in [2.05, 4.69) is 15.6 Å². The third-order valence-electron chi connectivity index (χ3n) is 3.52. The molecule has 2 N–H and O–H groups in total. The molecule has 1 saturated heterocycles. The smallest absolute Gasteiger partial charge is 0.319 e. The van der Waals surface area contributed by atoms with E-state index in [9.17, 15) is 4.79 Å². The predicted octanol–water partition coefficient (Wildman–Crippen LogP) is 3.42. The number of rotatable bonds is 4. The molecule has 116 valence electrons. The van der Waals surface area contributed by atoms with Gasteiger partial charge in [0.2, 0.25) is 0 Å². The maximum Gasteiger partial charge on any atom is 0.319 e. The number of hydrogen-bond acceptors (Lipinski definition) is 4. The van der Waals surface area contributed by atoms with E-state index in [1.165, 1.54) is 0 Å². The van der Waals surface area contributed by atoms with E-state index in [4.69, 9.17) is 4.74 Å². The lowest BCUT2D eigenvalue weighted by Gasteiger charge is -2.11. The molecule has 1 fully saturated rings. The zero-order chi connectivity index (χ0) is 15.4. The molecule has 2 heterocycles. The molecule has 0 aliphatic carbocycles. The van der Waals surface area contributed by atoms with Crippen LogP contribution in [0, 0.1) is 6.92 Å². The van der Waals surface area contributed by atoms with Crippen LogP contribution in [0.2, 0.25) is 0 Å². The number of carbonyl (C=O) groups excluding carboxylic acids is 1. The second-order valence-corrected chi connectivity index (χ2v) is 6.20. The Morgan fingerprint density at radius 3 is 2.86 bits per heavy atom. The normalized spacial score (nSPS) is 17.4. The van der Waals surface area contributed by atoms with Crippen molar-refractivity contribution < 1.29 is 9.53 Å². The van der Waals surface area contributed by atoms with Gasteiger partial charge in [0.1, 0.15) is 5.01 Å². The van der Waals surface area contributed by atoms with E-state index in [1.807, 2.05) is 36.6 Å². The number of urea groups is 1. The van der Waals surface area contributed by atoms with E-state index >= 15 is 0 Å². The van der Waals surface area contributed by atoms with Gasteiger partial charge in [-0.1, -0.05) is 0 Å². The Morgan fingerprint density at radius 1 is 1.41 bits per heavy atom. The molecular weight excluding hydrogens is 298 g/mol. The molecule has 0 spiro atoms. The molecule has 0 unspecified atom stereocenters. The summed E-state index contributed by atoms with van der Waals surface area (Å²) >= 11 is 1.62. The van der Waals surface area contributed by atoms with Crippen LogP contribution in [0.3, 0.4) is 0 Å². The van der Waals surface area contributed by atoms with E-state index in [1.54, 1.807) is 11.3 Å². The third-order valence-corrected chi connectivity index (χ3v) is 4.53. The van der Waals surface area contributed by atoms with Gasteiger partial charge in [-0.05, 0) is 44.0 Å². The first-order chi connectivity index (χ1) is 10.7. The standard InChI is InChI=1S/C16H19N3O2S/c1-11-10-22-15(18-11)12-4-6-13(7-5-12)19-16(20)17-9-14-3-2-8-21-14/h4-7,10,14H,2-3,8-9H2,1H3,(H2,17,19,20)/t14-/m0/s1. The van der Waals surface area contributed by atoms with Crippen molar-refractivity contribution in [2.45, 2.75) is 25.9 Å². The van der Waals surface area contributed by atoms with Crippen molar-refractivity contribution in [1.82, 2.24) is 10.3 Å². The molecule has 0 saturated carbocycles. The van der Waals surface area contributed by atoms with Crippen LogP contribution in [0.4, 0.5) is 10.5 Å². The highest BCUT2D eigenvalue weighted by Gasteiger charge is 2.16. The minimum absolute atomic E-state index is 0.154. The predicted molar refractivity (Wildman–Crippen MR) is 88.3 cm³/mol. The highest BCUT2D eigenvalue weighted by atomic mass is 32.1. The second-order valence-electron chi connectivity index (χ2n) is 5.34. The summed E-state index contributed by atoms with van der Waals surface area (Å²) in [4.78, 5) is 16.3. The number of amides is 2. The van der Waals surface area contributed by atoms with Crippen LogP contribution >= 0.6 is 11.3 Å². The fourth-order valence-corrected chi connectivity index (χ4v) is 3.17. The van der Waals surface area contributed by atoms with Crippen LogP contribution in [0.5, 0.6) is 0 Å². The maximum atomic E-state index is 11.8. The quantitative estimate of drug-likeness (QED) is 0.908. The molecule has 1 atom stereocenters. The minimum Gasteiger partial charge on any atom is -0.376 e. The number of ether oxygens (including phenoxy) is 1. The van der Waals surface area contributed by atoms with E-state index in [-0.39, 0.29) is 12.1 Å². The van der Waals surface area contributed by atoms with Crippen molar-refractivity contribution in [2.24, 2.45) is 0 Å². The largest absolute Gasteiger partial charge is 0.376 e. The van der Waals surface area contributed by atoms with Crippen molar-refractivity contribution in [2.75, 3.05) is 18.5 Å². The van der Waals surface area contributed by atoms with Crippen molar-refractivity contribution in [3.8, 4) is 10.6 Å². The number of thiazole rings is 1. The summed E-state index contributed by atoms with van der Waals surface area (Å²) in [6.07, 6.45) is 2.25. The molecule has 2 amide bonds. The van der Waals surface area contributed by atoms with Gasteiger partial charge in [-0.2, -0.15) is 0 Å². The molecule has 2 aromatic rings. The van der Waals surface area contributed by atoms with Gasteiger partial charge in [-0.25, -0.2) is 9.78 Å². The Labute approximate surface area is 133 Å². The number of benzene rings is 1. The van der Waals surface area contributed by atoms with Crippen molar-refractivity contribution >= 4 is 23.1 Å². The summed E-state index contributed by atoms with van der Waals surface area (Å²) in [5.41, 5.74) is 2.85. The molecule has 5 nitrogen and oxygen atoms in total. The molecule has 3 rings (SSSR count). The summed E-state index contributed by atoms with van der Waals surface area (Å²) in [7, 11) is 0. The van der Waals surface area contributed by atoms with Gasteiger partial charge in [0.25, 0.3) is 0 Å². The zero-order valence-electron chi connectivity index (χ0n) is 12.5. The molecule has 6 heteroatoms. The van der Waals surface area contributed by atoms with Crippen molar-refractivity contribution in [1.29, 1.82) is 0 Å². The molecule has 1 aromatic carbocycles. The average molecular weight is 317 g/mol.